The van der Waals surface area contributed by atoms with Crippen LogP contribution in [0.3, 0.4) is 0 Å². The van der Waals surface area contributed by atoms with Gasteiger partial charge in [0.15, 0.2) is 11.5 Å². The molecule has 1 N–H and O–H groups in total. The summed E-state index contributed by atoms with van der Waals surface area (Å²) in [6.45, 7) is 2.05. The fourth-order valence-electron chi connectivity index (χ4n) is 4.03. The predicted molar refractivity (Wildman–Crippen MR) is 139 cm³/mol. The number of hydrogen-bond acceptors (Lipinski definition) is 7. The van der Waals surface area contributed by atoms with Crippen molar-refractivity contribution in [3.63, 3.8) is 0 Å². The van der Waals surface area contributed by atoms with Crippen LogP contribution in [0.2, 0.25) is 0 Å². The van der Waals surface area contributed by atoms with Crippen molar-refractivity contribution in [2.24, 2.45) is 0 Å². The highest BCUT2D eigenvalue weighted by atomic mass is 19.1. The molecule has 0 amide bonds. The van der Waals surface area contributed by atoms with Crippen molar-refractivity contribution >= 4 is 5.95 Å². The molecule has 1 atom stereocenters. The van der Waals surface area contributed by atoms with Crippen LogP contribution in [-0.4, -0.2) is 39.2 Å². The van der Waals surface area contributed by atoms with E-state index in [1.54, 1.807) is 49.4 Å². The van der Waals surface area contributed by atoms with Gasteiger partial charge in [0.25, 0.3) is 0 Å². The third-order valence-electron chi connectivity index (χ3n) is 5.94. The number of rotatable bonds is 8. The van der Waals surface area contributed by atoms with Crippen LogP contribution in [0.25, 0.3) is 28.3 Å². The molecule has 0 aliphatic rings. The van der Waals surface area contributed by atoms with E-state index < -0.39 is 0 Å². The lowest BCUT2D eigenvalue weighted by Gasteiger charge is -2.15. The summed E-state index contributed by atoms with van der Waals surface area (Å²) in [7, 11) is 3.15. The molecule has 0 aliphatic carbocycles. The average molecular weight is 497 g/mol. The van der Waals surface area contributed by atoms with Gasteiger partial charge >= 0.3 is 0 Å². The molecular formula is C28H25FN6O2. The van der Waals surface area contributed by atoms with Crippen LogP contribution in [0.15, 0.2) is 85.1 Å². The van der Waals surface area contributed by atoms with Crippen LogP contribution < -0.4 is 14.8 Å². The van der Waals surface area contributed by atoms with Crippen LogP contribution in [0.5, 0.6) is 11.5 Å². The van der Waals surface area contributed by atoms with E-state index >= 15 is 0 Å². The highest BCUT2D eigenvalue weighted by molar-refractivity contribution is 5.78. The first-order valence-electron chi connectivity index (χ1n) is 11.7. The molecule has 0 fully saturated rings. The van der Waals surface area contributed by atoms with Gasteiger partial charge in [-0.15, -0.1) is 5.10 Å². The van der Waals surface area contributed by atoms with Crippen molar-refractivity contribution < 1.29 is 13.9 Å². The average Bonchev–Trinajstić information content (AvgIpc) is 3.39. The molecule has 1 unspecified atom stereocenters. The molecular weight excluding hydrogens is 471 g/mol. The Morgan fingerprint density at radius 3 is 2.38 bits per heavy atom. The highest BCUT2D eigenvalue weighted by Gasteiger charge is 2.21. The zero-order valence-corrected chi connectivity index (χ0v) is 20.6. The first kappa shape index (κ1) is 23.9. The zero-order chi connectivity index (χ0) is 25.8. The van der Waals surface area contributed by atoms with E-state index in [2.05, 4.69) is 20.6 Å². The van der Waals surface area contributed by atoms with E-state index in [0.29, 0.717) is 45.8 Å². The summed E-state index contributed by atoms with van der Waals surface area (Å²) in [6, 6.07) is 23.4. The Morgan fingerprint density at radius 1 is 0.892 bits per heavy atom. The molecule has 0 saturated carbocycles. The van der Waals surface area contributed by atoms with Crippen molar-refractivity contribution in [2.75, 3.05) is 19.5 Å². The number of anilines is 1. The Labute approximate surface area is 213 Å². The fraction of sp³-hybridized carbons (Fsp3) is 0.143. The second kappa shape index (κ2) is 10.4. The van der Waals surface area contributed by atoms with E-state index in [-0.39, 0.29) is 11.9 Å². The summed E-state index contributed by atoms with van der Waals surface area (Å²) in [5.41, 5.74) is 4.28. The topological polar surface area (TPSA) is 87.0 Å². The molecule has 37 heavy (non-hydrogen) atoms. The molecule has 0 radical (unpaired) electrons. The van der Waals surface area contributed by atoms with Gasteiger partial charge in [0.2, 0.25) is 5.95 Å². The normalized spacial score (nSPS) is 11.7. The minimum Gasteiger partial charge on any atom is -0.493 e. The van der Waals surface area contributed by atoms with Crippen LogP contribution in [0.4, 0.5) is 10.3 Å². The first-order chi connectivity index (χ1) is 18.1. The van der Waals surface area contributed by atoms with Gasteiger partial charge < -0.3 is 14.8 Å². The largest absolute Gasteiger partial charge is 0.493 e. The number of nitrogens with one attached hydrogen (secondary N) is 1. The van der Waals surface area contributed by atoms with E-state index in [4.69, 9.17) is 14.5 Å². The maximum absolute atomic E-state index is 13.7. The monoisotopic (exact) mass is 496 g/mol. The minimum absolute atomic E-state index is 0.0121. The van der Waals surface area contributed by atoms with E-state index in [0.717, 1.165) is 5.56 Å². The van der Waals surface area contributed by atoms with E-state index in [1.165, 1.54) is 12.1 Å². The number of aromatic nitrogens is 5. The molecule has 2 aromatic heterocycles. The summed E-state index contributed by atoms with van der Waals surface area (Å²) in [5, 5.41) is 12.2. The third kappa shape index (κ3) is 4.97. The van der Waals surface area contributed by atoms with Gasteiger partial charge in [-0.05, 0) is 55.0 Å². The van der Waals surface area contributed by atoms with Gasteiger partial charge in [-0.1, -0.05) is 35.5 Å². The summed E-state index contributed by atoms with van der Waals surface area (Å²) in [4.78, 5) is 9.22. The second-order valence-electron chi connectivity index (χ2n) is 8.29. The molecule has 5 aromatic rings. The standard InChI is InChI=1S/C28H25FN6O2/c1-18(19-7-5-4-6-8-19)31-28-30-16-15-23(32-28)27-26(20-9-11-21(29)12-10-20)33-34-35(27)22-13-14-24(36-2)25(17-22)37-3/h4-18H,1-3H3,(H,30,31,32). The Kier molecular flexibility index (Phi) is 6.76. The van der Waals surface area contributed by atoms with Gasteiger partial charge in [-0.3, -0.25) is 0 Å². The molecule has 186 valence electrons. The van der Waals surface area contributed by atoms with Crippen LogP contribution in [0, 0.1) is 5.82 Å². The molecule has 2 heterocycles. The van der Waals surface area contributed by atoms with Crippen LogP contribution in [0.1, 0.15) is 18.5 Å². The molecule has 0 spiro atoms. The fourth-order valence-corrected chi connectivity index (χ4v) is 4.03. The van der Waals surface area contributed by atoms with Gasteiger partial charge in [-0.25, -0.2) is 19.0 Å². The van der Waals surface area contributed by atoms with Crippen molar-refractivity contribution in [2.45, 2.75) is 13.0 Å². The number of hydrogen-bond donors (Lipinski definition) is 1. The maximum Gasteiger partial charge on any atom is 0.223 e. The summed E-state index contributed by atoms with van der Waals surface area (Å²) in [5.74, 6) is 1.27. The Hall–Kier alpha value is -4.79. The molecule has 8 nitrogen and oxygen atoms in total. The van der Waals surface area contributed by atoms with E-state index in [9.17, 15) is 4.39 Å². The van der Waals surface area contributed by atoms with Crippen molar-refractivity contribution in [1.82, 2.24) is 25.0 Å². The van der Waals surface area contributed by atoms with Gasteiger partial charge in [0, 0.05) is 17.8 Å². The number of nitrogens with zero attached hydrogens (tertiary/aromatic N) is 5. The second-order valence-corrected chi connectivity index (χ2v) is 8.29. The van der Waals surface area contributed by atoms with E-state index in [1.807, 2.05) is 49.4 Å². The lowest BCUT2D eigenvalue weighted by Crippen LogP contribution is -2.10. The van der Waals surface area contributed by atoms with Crippen LogP contribution >= 0.6 is 0 Å². The number of halogens is 1. The van der Waals surface area contributed by atoms with Gasteiger partial charge in [0.05, 0.1) is 31.6 Å². The molecule has 5 rings (SSSR count). The number of ether oxygens (including phenoxy) is 2. The highest BCUT2D eigenvalue weighted by Crippen LogP contribution is 2.35. The molecule has 0 saturated heterocycles. The zero-order valence-electron chi connectivity index (χ0n) is 20.6. The summed E-state index contributed by atoms with van der Waals surface area (Å²) < 4.78 is 26.2. The summed E-state index contributed by atoms with van der Waals surface area (Å²) >= 11 is 0. The SMILES string of the molecule is COc1ccc(-n2nnc(-c3ccc(F)cc3)c2-c2ccnc(NC(C)c3ccccc3)n2)cc1OC. The first-order valence-corrected chi connectivity index (χ1v) is 11.7. The number of benzene rings is 3. The van der Waals surface area contributed by atoms with Crippen LogP contribution in [-0.2, 0) is 0 Å². The van der Waals surface area contributed by atoms with Gasteiger partial charge in [0.1, 0.15) is 17.2 Å². The smallest absolute Gasteiger partial charge is 0.223 e. The predicted octanol–water partition coefficient (Wildman–Crippen LogP) is 5.72. The number of methoxy groups -OCH3 is 2. The Morgan fingerprint density at radius 2 is 1.65 bits per heavy atom. The van der Waals surface area contributed by atoms with Crippen molar-refractivity contribution in [3.8, 4) is 39.8 Å². The summed E-state index contributed by atoms with van der Waals surface area (Å²) in [6.07, 6.45) is 1.68. The van der Waals surface area contributed by atoms with Crippen molar-refractivity contribution in [3.05, 3.63) is 96.4 Å². The molecule has 3 aromatic carbocycles. The maximum atomic E-state index is 13.7. The minimum atomic E-state index is -0.332. The lowest BCUT2D eigenvalue weighted by molar-refractivity contribution is 0.354. The molecule has 0 aliphatic heterocycles. The molecule has 0 bridgehead atoms. The van der Waals surface area contributed by atoms with Crippen molar-refractivity contribution in [1.29, 1.82) is 0 Å². The quantitative estimate of drug-likeness (QED) is 0.294. The Bertz CT molecular complexity index is 1510. The Balaban J connectivity index is 1.61. The third-order valence-corrected chi connectivity index (χ3v) is 5.94. The molecule has 9 heteroatoms. The lowest BCUT2D eigenvalue weighted by atomic mass is 10.1. The van der Waals surface area contributed by atoms with Gasteiger partial charge in [-0.2, -0.15) is 0 Å².